The normalized spacial score (nSPS) is 18.8. The zero-order chi connectivity index (χ0) is 26.7. The molecule has 1 amide bonds. The van der Waals surface area contributed by atoms with Gasteiger partial charge in [-0.15, -0.1) is 0 Å². The van der Waals surface area contributed by atoms with Crippen molar-refractivity contribution in [2.24, 2.45) is 0 Å². The van der Waals surface area contributed by atoms with E-state index in [1.54, 1.807) is 24.3 Å². The number of carbonyl (C=O) groups excluding carboxylic acids is 1. The van der Waals surface area contributed by atoms with Crippen molar-refractivity contribution in [3.05, 3.63) is 83.6 Å². The molecule has 9 nitrogen and oxygen atoms in total. The van der Waals surface area contributed by atoms with Crippen LogP contribution in [0.25, 0.3) is 0 Å². The van der Waals surface area contributed by atoms with Gasteiger partial charge < -0.3 is 9.47 Å². The number of piperidine rings is 1. The zero-order valence-electron chi connectivity index (χ0n) is 21.5. The number of hydrogen-bond acceptors (Lipinski definition) is 7. The highest BCUT2D eigenvalue weighted by atomic mass is 32.2. The van der Waals surface area contributed by atoms with Gasteiger partial charge in [-0.2, -0.15) is 0 Å². The van der Waals surface area contributed by atoms with Crippen molar-refractivity contribution in [1.82, 2.24) is 14.8 Å². The maximum absolute atomic E-state index is 12.6. The number of ether oxygens (including phenoxy) is 2. The number of likely N-dealkylation sites (tertiary alicyclic amines) is 1. The van der Waals surface area contributed by atoms with Crippen molar-refractivity contribution in [2.45, 2.75) is 38.4 Å². The Hall–Kier alpha value is -3.63. The summed E-state index contributed by atoms with van der Waals surface area (Å²) in [6.07, 6.45) is 2.69. The molecule has 0 spiro atoms. The Morgan fingerprint density at radius 1 is 1.03 bits per heavy atom. The van der Waals surface area contributed by atoms with Crippen LogP contribution in [0.5, 0.6) is 11.6 Å². The highest BCUT2D eigenvalue weighted by Crippen LogP contribution is 2.33. The SMILES string of the molecule is Cc1nc(Oc2ccc(NS(C)(=O)=O)cc2)ccc1CN1CCC(N2C(=O)OCC2c2ccccc2)CC1. The first-order valence-corrected chi connectivity index (χ1v) is 14.6. The number of sulfonamides is 1. The van der Waals surface area contributed by atoms with Gasteiger partial charge in [-0.1, -0.05) is 36.4 Å². The maximum Gasteiger partial charge on any atom is 0.410 e. The summed E-state index contributed by atoms with van der Waals surface area (Å²) in [5.74, 6) is 1.05. The summed E-state index contributed by atoms with van der Waals surface area (Å²) in [6.45, 7) is 4.94. The Balaban J connectivity index is 1.16. The summed E-state index contributed by atoms with van der Waals surface area (Å²) in [6, 6.07) is 20.8. The summed E-state index contributed by atoms with van der Waals surface area (Å²) in [5.41, 5.74) is 3.62. The van der Waals surface area contributed by atoms with E-state index < -0.39 is 10.0 Å². The number of hydrogen-bond donors (Lipinski definition) is 1. The first-order valence-electron chi connectivity index (χ1n) is 12.7. The number of pyridine rings is 1. The largest absolute Gasteiger partial charge is 0.447 e. The summed E-state index contributed by atoms with van der Waals surface area (Å²) in [7, 11) is -3.33. The Labute approximate surface area is 223 Å². The number of carbonyl (C=O) groups is 1. The molecule has 2 aliphatic rings. The Kier molecular flexibility index (Phi) is 7.53. The average Bonchev–Trinajstić information content (AvgIpc) is 3.28. The quantitative estimate of drug-likeness (QED) is 0.445. The monoisotopic (exact) mass is 536 g/mol. The fourth-order valence-electron chi connectivity index (χ4n) is 5.08. The molecule has 0 radical (unpaired) electrons. The number of rotatable bonds is 8. The Morgan fingerprint density at radius 3 is 2.39 bits per heavy atom. The molecule has 0 aliphatic carbocycles. The minimum absolute atomic E-state index is 0.0219. The van der Waals surface area contributed by atoms with Gasteiger partial charge in [0.05, 0.1) is 12.3 Å². The lowest BCUT2D eigenvalue weighted by atomic mass is 9.98. The van der Waals surface area contributed by atoms with Gasteiger partial charge >= 0.3 is 6.09 Å². The molecule has 2 saturated heterocycles. The van der Waals surface area contributed by atoms with Crippen LogP contribution < -0.4 is 9.46 Å². The predicted octanol–water partition coefficient (Wildman–Crippen LogP) is 4.71. The van der Waals surface area contributed by atoms with Crippen LogP contribution in [0.3, 0.4) is 0 Å². The molecule has 10 heteroatoms. The van der Waals surface area contributed by atoms with Crippen LogP contribution in [0, 0.1) is 6.92 Å². The zero-order valence-corrected chi connectivity index (χ0v) is 22.4. The van der Waals surface area contributed by atoms with E-state index in [0.717, 1.165) is 55.6 Å². The molecule has 3 aromatic rings. The molecule has 5 rings (SSSR count). The van der Waals surface area contributed by atoms with Crippen LogP contribution in [0.15, 0.2) is 66.7 Å². The molecule has 1 N–H and O–H groups in total. The molecule has 1 aromatic heterocycles. The Bertz CT molecular complexity index is 1370. The third kappa shape index (κ3) is 6.25. The molecular formula is C28H32N4O5S. The summed E-state index contributed by atoms with van der Waals surface area (Å²) in [5, 5.41) is 0. The molecule has 2 fully saturated rings. The van der Waals surface area contributed by atoms with Gasteiger partial charge in [0.2, 0.25) is 15.9 Å². The molecule has 2 aromatic carbocycles. The molecule has 3 heterocycles. The first-order chi connectivity index (χ1) is 18.2. The van der Waals surface area contributed by atoms with Gasteiger partial charge in [0.25, 0.3) is 0 Å². The fourth-order valence-corrected chi connectivity index (χ4v) is 5.65. The lowest BCUT2D eigenvalue weighted by Crippen LogP contribution is -2.46. The topological polar surface area (TPSA) is 101 Å². The van der Waals surface area contributed by atoms with Crippen molar-refractivity contribution in [2.75, 3.05) is 30.7 Å². The van der Waals surface area contributed by atoms with Gasteiger partial charge in [0, 0.05) is 43.1 Å². The van der Waals surface area contributed by atoms with E-state index in [9.17, 15) is 13.2 Å². The van der Waals surface area contributed by atoms with Gasteiger partial charge in [-0.3, -0.25) is 14.5 Å². The summed E-state index contributed by atoms with van der Waals surface area (Å²) in [4.78, 5) is 21.5. The third-order valence-electron chi connectivity index (χ3n) is 6.99. The van der Waals surface area contributed by atoms with Crippen LogP contribution in [-0.4, -0.2) is 61.3 Å². The first kappa shape index (κ1) is 26.0. The van der Waals surface area contributed by atoms with E-state index in [-0.39, 0.29) is 18.2 Å². The number of aromatic nitrogens is 1. The van der Waals surface area contributed by atoms with E-state index in [0.29, 0.717) is 23.9 Å². The second-order valence-electron chi connectivity index (χ2n) is 9.81. The van der Waals surface area contributed by atoms with Gasteiger partial charge in [-0.05, 0) is 55.2 Å². The molecule has 0 bridgehead atoms. The van der Waals surface area contributed by atoms with Crippen molar-refractivity contribution >= 4 is 21.8 Å². The fraction of sp³-hybridized carbons (Fsp3) is 0.357. The summed E-state index contributed by atoms with van der Waals surface area (Å²) < 4.78 is 36.5. The molecule has 38 heavy (non-hydrogen) atoms. The number of nitrogens with zero attached hydrogens (tertiary/aromatic N) is 3. The number of benzene rings is 2. The Morgan fingerprint density at radius 2 is 1.74 bits per heavy atom. The van der Waals surface area contributed by atoms with Crippen LogP contribution >= 0.6 is 0 Å². The molecule has 2 aliphatic heterocycles. The van der Waals surface area contributed by atoms with E-state index in [4.69, 9.17) is 9.47 Å². The van der Waals surface area contributed by atoms with Gasteiger partial charge in [0.1, 0.15) is 12.4 Å². The van der Waals surface area contributed by atoms with E-state index in [2.05, 4.69) is 26.7 Å². The number of anilines is 1. The number of aryl methyl sites for hydroxylation is 1. The van der Waals surface area contributed by atoms with Crippen LogP contribution in [0.2, 0.25) is 0 Å². The van der Waals surface area contributed by atoms with E-state index in [1.165, 1.54) is 0 Å². The van der Waals surface area contributed by atoms with Gasteiger partial charge in [0.15, 0.2) is 0 Å². The lowest BCUT2D eigenvalue weighted by Gasteiger charge is -2.38. The smallest absolute Gasteiger partial charge is 0.410 e. The number of nitrogens with one attached hydrogen (secondary N) is 1. The summed E-state index contributed by atoms with van der Waals surface area (Å²) >= 11 is 0. The predicted molar refractivity (Wildman–Crippen MR) is 145 cm³/mol. The average molecular weight is 537 g/mol. The third-order valence-corrected chi connectivity index (χ3v) is 7.60. The molecule has 1 unspecified atom stereocenters. The number of cyclic esters (lactones) is 1. The second kappa shape index (κ2) is 11.0. The molecule has 1 atom stereocenters. The lowest BCUT2D eigenvalue weighted by molar-refractivity contribution is 0.104. The maximum atomic E-state index is 12.6. The second-order valence-corrected chi connectivity index (χ2v) is 11.6. The van der Waals surface area contributed by atoms with Crippen LogP contribution in [0.4, 0.5) is 10.5 Å². The van der Waals surface area contributed by atoms with Crippen LogP contribution in [0.1, 0.15) is 35.7 Å². The van der Waals surface area contributed by atoms with Gasteiger partial charge in [-0.25, -0.2) is 18.2 Å². The van der Waals surface area contributed by atoms with Crippen molar-refractivity contribution < 1.29 is 22.7 Å². The van der Waals surface area contributed by atoms with Crippen molar-refractivity contribution in [3.63, 3.8) is 0 Å². The van der Waals surface area contributed by atoms with Crippen molar-refractivity contribution in [3.8, 4) is 11.6 Å². The van der Waals surface area contributed by atoms with Crippen LogP contribution in [-0.2, 0) is 21.3 Å². The van der Waals surface area contributed by atoms with E-state index in [1.807, 2.05) is 42.2 Å². The molecular weight excluding hydrogens is 504 g/mol. The van der Waals surface area contributed by atoms with Crippen molar-refractivity contribution in [1.29, 1.82) is 0 Å². The minimum atomic E-state index is -3.33. The van der Waals surface area contributed by atoms with E-state index >= 15 is 0 Å². The highest BCUT2D eigenvalue weighted by Gasteiger charge is 2.40. The minimum Gasteiger partial charge on any atom is -0.447 e. The standard InChI is InChI=1S/C28H32N4O5S/c1-20-22(8-13-27(29-20)37-25-11-9-23(10-12-25)30-38(2,34)35)18-31-16-14-24(15-17-31)32-26(19-36-28(32)33)21-6-4-3-5-7-21/h3-13,24,26,30H,14-19H2,1-2H3. The molecule has 200 valence electrons. The highest BCUT2D eigenvalue weighted by molar-refractivity contribution is 7.92. The molecule has 0 saturated carbocycles. The number of amides is 1.